The van der Waals surface area contributed by atoms with Crippen molar-refractivity contribution in [1.29, 1.82) is 0 Å². The van der Waals surface area contributed by atoms with Crippen molar-refractivity contribution >= 4 is 23.4 Å². The maximum absolute atomic E-state index is 13.7. The van der Waals surface area contributed by atoms with Crippen molar-refractivity contribution in [3.05, 3.63) is 84.5 Å². The zero-order valence-electron chi connectivity index (χ0n) is 20.2. The molecule has 9 heteroatoms. The molecular weight excluding hydrogens is 468 g/mol. The molecule has 1 aliphatic rings. The highest BCUT2D eigenvalue weighted by molar-refractivity contribution is 7.07. The van der Waals surface area contributed by atoms with E-state index in [1.165, 1.54) is 15.9 Å². The number of methoxy groups -OCH3 is 3. The molecule has 1 atom stereocenters. The minimum absolute atomic E-state index is 0.206. The monoisotopic (exact) mass is 494 g/mol. The first-order valence-corrected chi connectivity index (χ1v) is 11.8. The summed E-state index contributed by atoms with van der Waals surface area (Å²) in [7, 11) is 4.68. The predicted molar refractivity (Wildman–Crippen MR) is 133 cm³/mol. The van der Waals surface area contributed by atoms with Gasteiger partial charge in [0.25, 0.3) is 5.56 Å². The van der Waals surface area contributed by atoms with Gasteiger partial charge >= 0.3 is 5.97 Å². The summed E-state index contributed by atoms with van der Waals surface area (Å²) in [4.78, 5) is 31.8. The second kappa shape index (κ2) is 10.2. The number of allylic oxidation sites excluding steroid dienone is 1. The average molecular weight is 495 g/mol. The van der Waals surface area contributed by atoms with Crippen molar-refractivity contribution in [2.45, 2.75) is 19.9 Å². The second-order valence-corrected chi connectivity index (χ2v) is 8.67. The zero-order chi connectivity index (χ0) is 25.1. The Labute approximate surface area is 206 Å². The van der Waals surface area contributed by atoms with Gasteiger partial charge < -0.3 is 18.9 Å². The summed E-state index contributed by atoms with van der Waals surface area (Å²) in [6, 6.07) is 12.0. The lowest BCUT2D eigenvalue weighted by Crippen LogP contribution is -2.40. The van der Waals surface area contributed by atoms with Crippen LogP contribution in [0.1, 0.15) is 31.0 Å². The topological polar surface area (TPSA) is 88.4 Å². The molecule has 2 aromatic carbocycles. The predicted octanol–water partition coefficient (Wildman–Crippen LogP) is 2.82. The van der Waals surface area contributed by atoms with Gasteiger partial charge in [-0.05, 0) is 43.7 Å². The Kier molecular flexibility index (Phi) is 7.07. The molecule has 3 aromatic rings. The molecule has 0 radical (unpaired) electrons. The van der Waals surface area contributed by atoms with Crippen LogP contribution in [0.5, 0.6) is 17.2 Å². The Hall–Kier alpha value is -3.85. The normalized spacial score (nSPS) is 15.3. The van der Waals surface area contributed by atoms with Gasteiger partial charge in [0.15, 0.2) is 16.3 Å². The minimum Gasteiger partial charge on any atom is -0.496 e. The zero-order valence-corrected chi connectivity index (χ0v) is 21.0. The van der Waals surface area contributed by atoms with E-state index in [1.54, 1.807) is 59.5 Å². The number of hydrogen-bond donors (Lipinski definition) is 0. The number of para-hydroxylation sites is 1. The number of carbonyl (C=O) groups is 1. The first-order chi connectivity index (χ1) is 16.9. The SMILES string of the molecule is CCOC(=O)C1=C(C)N=c2sc(=Cc3ccc(OC)c(OC)c3)c(=O)n2C1c1ccccc1OC. The molecule has 1 aromatic heterocycles. The van der Waals surface area contributed by atoms with Gasteiger partial charge in [-0.25, -0.2) is 9.79 Å². The summed E-state index contributed by atoms with van der Waals surface area (Å²) < 4.78 is 23.6. The molecule has 35 heavy (non-hydrogen) atoms. The molecule has 4 rings (SSSR count). The van der Waals surface area contributed by atoms with Gasteiger partial charge in [0.1, 0.15) is 11.8 Å². The first-order valence-electron chi connectivity index (χ1n) is 11.0. The van der Waals surface area contributed by atoms with Crippen LogP contribution in [0.15, 0.2) is 63.5 Å². The molecule has 0 N–H and O–H groups in total. The largest absolute Gasteiger partial charge is 0.496 e. The van der Waals surface area contributed by atoms with E-state index in [4.69, 9.17) is 18.9 Å². The fourth-order valence-electron chi connectivity index (χ4n) is 4.07. The molecule has 0 saturated heterocycles. The van der Waals surface area contributed by atoms with E-state index >= 15 is 0 Å². The van der Waals surface area contributed by atoms with E-state index in [2.05, 4.69) is 4.99 Å². The number of aromatic nitrogens is 1. The molecule has 0 aliphatic carbocycles. The third-order valence-electron chi connectivity index (χ3n) is 5.66. The minimum atomic E-state index is -0.742. The summed E-state index contributed by atoms with van der Waals surface area (Å²) in [6.45, 7) is 3.70. The molecule has 0 amide bonds. The third-order valence-corrected chi connectivity index (χ3v) is 6.64. The maximum atomic E-state index is 13.7. The lowest BCUT2D eigenvalue weighted by Gasteiger charge is -2.25. The van der Waals surface area contributed by atoms with Gasteiger partial charge in [0.05, 0.1) is 43.7 Å². The number of esters is 1. The van der Waals surface area contributed by atoms with Crippen LogP contribution in [0.4, 0.5) is 0 Å². The van der Waals surface area contributed by atoms with E-state index in [0.717, 1.165) is 5.56 Å². The fourth-order valence-corrected chi connectivity index (χ4v) is 5.12. The van der Waals surface area contributed by atoms with Crippen molar-refractivity contribution in [2.24, 2.45) is 4.99 Å². The molecule has 1 unspecified atom stereocenters. The number of nitrogens with zero attached hydrogens (tertiary/aromatic N) is 2. The highest BCUT2D eigenvalue weighted by atomic mass is 32.1. The Morgan fingerprint density at radius 3 is 2.46 bits per heavy atom. The van der Waals surface area contributed by atoms with Crippen molar-refractivity contribution in [3.8, 4) is 17.2 Å². The van der Waals surface area contributed by atoms with Gasteiger partial charge in [-0.3, -0.25) is 9.36 Å². The number of rotatable bonds is 7. The molecular formula is C26H26N2O6S. The van der Waals surface area contributed by atoms with Crippen LogP contribution in [0.25, 0.3) is 6.08 Å². The third kappa shape index (κ3) is 4.46. The summed E-state index contributed by atoms with van der Waals surface area (Å²) in [5, 5.41) is 0. The van der Waals surface area contributed by atoms with Crippen molar-refractivity contribution in [3.63, 3.8) is 0 Å². The molecule has 0 spiro atoms. The number of ether oxygens (including phenoxy) is 4. The van der Waals surface area contributed by atoms with Gasteiger partial charge in [0, 0.05) is 5.56 Å². The molecule has 0 fully saturated rings. The molecule has 182 valence electrons. The summed E-state index contributed by atoms with van der Waals surface area (Å²) in [5.74, 6) is 1.20. The fraction of sp³-hybridized carbons (Fsp3) is 0.269. The van der Waals surface area contributed by atoms with Crippen molar-refractivity contribution < 1.29 is 23.7 Å². The molecule has 2 heterocycles. The van der Waals surface area contributed by atoms with E-state index in [0.29, 0.717) is 43.4 Å². The highest BCUT2D eigenvalue weighted by Gasteiger charge is 2.34. The molecule has 8 nitrogen and oxygen atoms in total. The lowest BCUT2D eigenvalue weighted by molar-refractivity contribution is -0.139. The Bertz CT molecular complexity index is 1480. The van der Waals surface area contributed by atoms with E-state index in [1.807, 2.05) is 24.3 Å². The van der Waals surface area contributed by atoms with Gasteiger partial charge in [-0.2, -0.15) is 0 Å². The van der Waals surface area contributed by atoms with E-state index in [9.17, 15) is 9.59 Å². The molecule has 0 saturated carbocycles. The number of carbonyl (C=O) groups excluding carboxylic acids is 1. The van der Waals surface area contributed by atoms with Gasteiger partial charge in [-0.15, -0.1) is 0 Å². The van der Waals surface area contributed by atoms with Crippen molar-refractivity contribution in [1.82, 2.24) is 4.57 Å². The van der Waals surface area contributed by atoms with Crippen LogP contribution < -0.4 is 29.1 Å². The number of fused-ring (bicyclic) bond motifs is 1. The quantitative estimate of drug-likeness (QED) is 0.470. The van der Waals surface area contributed by atoms with Gasteiger partial charge in [0.2, 0.25) is 0 Å². The van der Waals surface area contributed by atoms with E-state index < -0.39 is 12.0 Å². The summed E-state index contributed by atoms with van der Waals surface area (Å²) >= 11 is 1.25. The van der Waals surface area contributed by atoms with Crippen LogP contribution in [0, 0.1) is 0 Å². The van der Waals surface area contributed by atoms with Crippen LogP contribution in [-0.2, 0) is 9.53 Å². The van der Waals surface area contributed by atoms with Crippen LogP contribution >= 0.6 is 11.3 Å². The van der Waals surface area contributed by atoms with Crippen LogP contribution in [0.3, 0.4) is 0 Å². The number of benzene rings is 2. The summed E-state index contributed by atoms with van der Waals surface area (Å²) in [5.41, 5.74) is 1.97. The van der Waals surface area contributed by atoms with Crippen molar-refractivity contribution in [2.75, 3.05) is 27.9 Å². The van der Waals surface area contributed by atoms with Gasteiger partial charge in [-0.1, -0.05) is 35.6 Å². The Balaban J connectivity index is 1.96. The average Bonchev–Trinajstić information content (AvgIpc) is 3.17. The Morgan fingerprint density at radius 1 is 1.06 bits per heavy atom. The summed E-state index contributed by atoms with van der Waals surface area (Å²) in [6.07, 6.45) is 1.77. The smallest absolute Gasteiger partial charge is 0.338 e. The molecule has 1 aliphatic heterocycles. The maximum Gasteiger partial charge on any atom is 0.338 e. The second-order valence-electron chi connectivity index (χ2n) is 7.66. The Morgan fingerprint density at radius 2 is 1.77 bits per heavy atom. The van der Waals surface area contributed by atoms with E-state index in [-0.39, 0.29) is 12.2 Å². The first kappa shape index (κ1) is 24.3. The van der Waals surface area contributed by atoms with Crippen LogP contribution in [-0.4, -0.2) is 38.5 Å². The molecule has 0 bridgehead atoms. The number of thiazole rings is 1. The number of hydrogen-bond acceptors (Lipinski definition) is 8. The highest BCUT2D eigenvalue weighted by Crippen LogP contribution is 2.35. The standard InChI is InChI=1S/C26H26N2O6S/c1-6-34-25(30)22-15(2)27-26-28(23(22)17-9-7-8-10-18(17)31-3)24(29)21(35-26)14-16-11-12-19(32-4)20(13-16)33-5/h7-14,23H,6H2,1-5H3. The lowest BCUT2D eigenvalue weighted by atomic mass is 9.95. The van der Waals surface area contributed by atoms with Crippen LogP contribution in [0.2, 0.25) is 0 Å².